The van der Waals surface area contributed by atoms with Gasteiger partial charge in [-0.1, -0.05) is 80.6 Å². The first-order valence-electron chi connectivity index (χ1n) is 10.6. The Kier molecular flexibility index (Phi) is 6.60. The molecule has 0 aliphatic rings. The van der Waals surface area contributed by atoms with Crippen molar-refractivity contribution in [3.05, 3.63) is 114 Å². The molecule has 1 atom stereocenters. The van der Waals surface area contributed by atoms with E-state index in [-0.39, 0.29) is 16.3 Å². The van der Waals surface area contributed by atoms with Crippen LogP contribution >= 0.6 is 11.8 Å². The summed E-state index contributed by atoms with van der Waals surface area (Å²) in [5, 5.41) is 0. The van der Waals surface area contributed by atoms with Crippen LogP contribution < -0.4 is 0 Å². The largest absolute Gasteiger partial charge is 0.166 e. The maximum absolute atomic E-state index is 2.31. The minimum absolute atomic E-state index is 0.117. The van der Waals surface area contributed by atoms with Crippen LogP contribution in [0.25, 0.3) is 0 Å². The topological polar surface area (TPSA) is 0 Å². The Balaban J connectivity index is 1.65. The predicted octanol–water partition coefficient (Wildman–Crippen LogP) is 8.54. The molecule has 0 saturated carbocycles. The Morgan fingerprint density at radius 2 is 1.00 bits per heavy atom. The van der Waals surface area contributed by atoms with Crippen LogP contribution in [0.2, 0.25) is 0 Å². The van der Waals surface area contributed by atoms with Crippen molar-refractivity contribution in [3.63, 3.8) is 0 Å². The third kappa shape index (κ3) is 5.44. The number of hydrogen-bond acceptors (Lipinski definition) is 1. The van der Waals surface area contributed by atoms with Gasteiger partial charge in [0, 0.05) is 9.79 Å². The molecular formula is C29H29S2+. The van der Waals surface area contributed by atoms with Crippen LogP contribution in [0.4, 0.5) is 0 Å². The van der Waals surface area contributed by atoms with Gasteiger partial charge in [-0.15, -0.1) is 0 Å². The van der Waals surface area contributed by atoms with E-state index in [1.807, 2.05) is 11.8 Å². The quantitative estimate of drug-likeness (QED) is 0.280. The number of rotatable bonds is 5. The van der Waals surface area contributed by atoms with Crippen LogP contribution in [-0.2, 0) is 16.3 Å². The van der Waals surface area contributed by atoms with Crippen molar-refractivity contribution < 1.29 is 0 Å². The zero-order chi connectivity index (χ0) is 21.8. The lowest BCUT2D eigenvalue weighted by Gasteiger charge is -2.19. The molecule has 2 heteroatoms. The molecule has 0 N–H and O–H groups in total. The highest BCUT2D eigenvalue weighted by Crippen LogP contribution is 2.35. The van der Waals surface area contributed by atoms with Crippen LogP contribution in [0, 0.1) is 6.92 Å². The standard InChI is InChI=1S/C29H29S2/c1-22-10-14-24(15-11-22)30-25-16-20-28(21-17-25)31(26-8-6-5-7-9-26)27-18-12-23(13-19-27)29(2,3)4/h5-21H,1-4H3/q+1. The first-order valence-corrected chi connectivity index (χ1v) is 12.7. The zero-order valence-electron chi connectivity index (χ0n) is 18.6. The molecule has 0 saturated heterocycles. The molecule has 4 aromatic carbocycles. The maximum atomic E-state index is 2.31. The van der Waals surface area contributed by atoms with Crippen LogP contribution in [0.3, 0.4) is 0 Å². The lowest BCUT2D eigenvalue weighted by Crippen LogP contribution is -2.11. The second-order valence-electron chi connectivity index (χ2n) is 8.78. The molecule has 1 unspecified atom stereocenters. The molecule has 31 heavy (non-hydrogen) atoms. The minimum atomic E-state index is -0.117. The highest BCUT2D eigenvalue weighted by atomic mass is 32.2. The van der Waals surface area contributed by atoms with Crippen molar-refractivity contribution in [2.24, 2.45) is 0 Å². The van der Waals surface area contributed by atoms with Gasteiger partial charge in [0.05, 0.1) is 10.9 Å². The van der Waals surface area contributed by atoms with Gasteiger partial charge >= 0.3 is 0 Å². The van der Waals surface area contributed by atoms with Gasteiger partial charge < -0.3 is 0 Å². The first-order chi connectivity index (χ1) is 14.9. The van der Waals surface area contributed by atoms with Gasteiger partial charge in [-0.2, -0.15) is 0 Å². The molecule has 4 rings (SSSR count). The Bertz CT molecular complexity index is 1100. The second kappa shape index (κ2) is 9.38. The van der Waals surface area contributed by atoms with E-state index in [0.717, 1.165) is 0 Å². The summed E-state index contributed by atoms with van der Waals surface area (Å²) in [6.07, 6.45) is 0. The molecule has 0 bridgehead atoms. The third-order valence-corrected chi connectivity index (χ3v) is 8.50. The molecule has 156 valence electrons. The zero-order valence-corrected chi connectivity index (χ0v) is 20.3. The molecule has 0 spiro atoms. The number of hydrogen-bond donors (Lipinski definition) is 0. The van der Waals surface area contributed by atoms with Crippen LogP contribution in [0.15, 0.2) is 128 Å². The molecule has 0 aliphatic carbocycles. The molecule has 0 heterocycles. The summed E-state index contributed by atoms with van der Waals surface area (Å²) < 4.78 is 0. The van der Waals surface area contributed by atoms with E-state index in [1.165, 1.54) is 35.6 Å². The predicted molar refractivity (Wildman–Crippen MR) is 135 cm³/mol. The van der Waals surface area contributed by atoms with E-state index in [2.05, 4.69) is 131 Å². The van der Waals surface area contributed by atoms with Crippen LogP contribution in [-0.4, -0.2) is 0 Å². The molecular weight excluding hydrogens is 412 g/mol. The first kappa shape index (κ1) is 21.8. The summed E-state index contributed by atoms with van der Waals surface area (Å²) in [4.78, 5) is 6.61. The van der Waals surface area contributed by atoms with Gasteiger partial charge in [-0.05, 0) is 78.6 Å². The summed E-state index contributed by atoms with van der Waals surface area (Å²) in [5.41, 5.74) is 2.83. The lowest BCUT2D eigenvalue weighted by molar-refractivity contribution is 0.589. The molecule has 0 radical (unpaired) electrons. The summed E-state index contributed by atoms with van der Waals surface area (Å²) in [6, 6.07) is 37.9. The van der Waals surface area contributed by atoms with Gasteiger partial charge in [0.15, 0.2) is 14.7 Å². The fourth-order valence-electron chi connectivity index (χ4n) is 3.44. The summed E-state index contributed by atoms with van der Waals surface area (Å²) >= 11 is 1.82. The maximum Gasteiger partial charge on any atom is 0.166 e. The average molecular weight is 442 g/mol. The average Bonchev–Trinajstić information content (AvgIpc) is 2.77. The van der Waals surface area contributed by atoms with Gasteiger partial charge in [0.1, 0.15) is 0 Å². The molecule has 0 nitrogen and oxygen atoms in total. The van der Waals surface area contributed by atoms with Crippen LogP contribution in [0.5, 0.6) is 0 Å². The summed E-state index contributed by atoms with van der Waals surface area (Å²) in [5.74, 6) is 0. The second-order valence-corrected chi connectivity index (χ2v) is 12.0. The molecule has 0 fully saturated rings. The fraction of sp³-hybridized carbons (Fsp3) is 0.172. The van der Waals surface area contributed by atoms with Crippen molar-refractivity contribution in [2.45, 2.75) is 57.6 Å². The Morgan fingerprint density at radius 3 is 1.52 bits per heavy atom. The molecule has 0 amide bonds. The molecule has 0 aromatic heterocycles. The number of aryl methyl sites for hydroxylation is 1. The van der Waals surface area contributed by atoms with Crippen LogP contribution in [0.1, 0.15) is 31.9 Å². The van der Waals surface area contributed by atoms with Gasteiger partial charge in [0.25, 0.3) is 0 Å². The number of benzene rings is 4. The summed E-state index contributed by atoms with van der Waals surface area (Å²) in [6.45, 7) is 8.93. The summed E-state index contributed by atoms with van der Waals surface area (Å²) in [7, 11) is -0.117. The van der Waals surface area contributed by atoms with Gasteiger partial charge in [-0.25, -0.2) is 0 Å². The van der Waals surface area contributed by atoms with E-state index in [1.54, 1.807) is 0 Å². The smallest absolute Gasteiger partial charge is 0.0901 e. The van der Waals surface area contributed by atoms with Gasteiger partial charge in [0.2, 0.25) is 0 Å². The fourth-order valence-corrected chi connectivity index (χ4v) is 6.32. The van der Waals surface area contributed by atoms with E-state index in [0.29, 0.717) is 0 Å². The van der Waals surface area contributed by atoms with Crippen molar-refractivity contribution in [3.8, 4) is 0 Å². The highest BCUT2D eigenvalue weighted by molar-refractivity contribution is 7.99. The normalized spacial score (nSPS) is 12.5. The highest BCUT2D eigenvalue weighted by Gasteiger charge is 2.29. The van der Waals surface area contributed by atoms with Crippen molar-refractivity contribution >= 4 is 22.7 Å². The van der Waals surface area contributed by atoms with E-state index >= 15 is 0 Å². The Hall–Kier alpha value is -2.42. The monoisotopic (exact) mass is 441 g/mol. The van der Waals surface area contributed by atoms with E-state index in [9.17, 15) is 0 Å². The minimum Gasteiger partial charge on any atom is -0.0901 e. The van der Waals surface area contributed by atoms with Crippen molar-refractivity contribution in [1.29, 1.82) is 0 Å². The Labute approximate surface area is 194 Å². The van der Waals surface area contributed by atoms with Crippen molar-refractivity contribution in [2.75, 3.05) is 0 Å². The lowest BCUT2D eigenvalue weighted by atomic mass is 9.87. The SMILES string of the molecule is Cc1ccc(Sc2ccc([S+](c3ccccc3)c3ccc(C(C)(C)C)cc3)cc2)cc1. The Morgan fingerprint density at radius 1 is 0.548 bits per heavy atom. The van der Waals surface area contributed by atoms with Gasteiger partial charge in [-0.3, -0.25) is 0 Å². The van der Waals surface area contributed by atoms with E-state index < -0.39 is 0 Å². The van der Waals surface area contributed by atoms with E-state index in [4.69, 9.17) is 0 Å². The molecule has 0 aliphatic heterocycles. The third-order valence-electron chi connectivity index (χ3n) is 5.25. The van der Waals surface area contributed by atoms with Crippen molar-refractivity contribution in [1.82, 2.24) is 0 Å². The molecule has 4 aromatic rings.